The molecule has 0 radical (unpaired) electrons. The second kappa shape index (κ2) is 6.45. The fourth-order valence-electron chi connectivity index (χ4n) is 1.80. The van der Waals surface area contributed by atoms with E-state index in [1.165, 1.54) is 0 Å². The zero-order valence-corrected chi connectivity index (χ0v) is 15.0. The predicted octanol–water partition coefficient (Wildman–Crippen LogP) is 5.22. The lowest BCUT2D eigenvalue weighted by atomic mass is 10.1. The highest BCUT2D eigenvalue weighted by Gasteiger charge is 2.16. The van der Waals surface area contributed by atoms with Crippen molar-refractivity contribution in [3.8, 4) is 11.4 Å². The van der Waals surface area contributed by atoms with Crippen molar-refractivity contribution in [2.24, 2.45) is 0 Å². The van der Waals surface area contributed by atoms with Crippen molar-refractivity contribution in [2.75, 3.05) is 12.4 Å². The number of hydrogen-bond donors (Lipinski definition) is 1. The average molecular weight is 422 g/mol. The molecule has 6 heteroatoms. The number of halogens is 3. The van der Waals surface area contributed by atoms with Crippen LogP contribution < -0.4 is 5.32 Å². The monoisotopic (exact) mass is 421 g/mol. The summed E-state index contributed by atoms with van der Waals surface area (Å²) in [5.41, 5.74) is 1.74. The first-order valence-corrected chi connectivity index (χ1v) is 7.98. The Morgan fingerprint density at radius 1 is 1.20 bits per heavy atom. The molecule has 0 saturated heterocycles. The van der Waals surface area contributed by atoms with Gasteiger partial charge >= 0.3 is 0 Å². The zero-order chi connectivity index (χ0) is 14.9. The Labute approximate surface area is 142 Å². The molecule has 1 aromatic heterocycles. The molecule has 0 unspecified atom stereocenters. The maximum atomic E-state index is 6.24. The van der Waals surface area contributed by atoms with Crippen LogP contribution in [0.5, 0.6) is 0 Å². The Balaban J connectivity index is 2.68. The average Bonchev–Trinajstić information content (AvgIpc) is 2.41. The lowest BCUT2D eigenvalue weighted by molar-refractivity contribution is 0.809. The summed E-state index contributed by atoms with van der Waals surface area (Å²) in [7, 11) is 1.85. The maximum Gasteiger partial charge on any atom is 0.163 e. The Kier molecular flexibility index (Phi) is 5.09. The van der Waals surface area contributed by atoms with Gasteiger partial charge in [0.05, 0.1) is 14.3 Å². The van der Waals surface area contributed by atoms with Gasteiger partial charge in [0.2, 0.25) is 0 Å². The first-order valence-electron chi connectivity index (χ1n) is 6.14. The van der Waals surface area contributed by atoms with Gasteiger partial charge in [-0.2, -0.15) is 0 Å². The van der Waals surface area contributed by atoms with Gasteiger partial charge in [-0.1, -0.05) is 37.0 Å². The molecule has 1 heterocycles. The minimum absolute atomic E-state index is 0.300. The summed E-state index contributed by atoms with van der Waals surface area (Å²) in [5, 5.41) is 4.30. The molecule has 2 rings (SSSR count). The minimum Gasteiger partial charge on any atom is -0.372 e. The van der Waals surface area contributed by atoms with E-state index in [2.05, 4.69) is 51.7 Å². The van der Waals surface area contributed by atoms with Crippen LogP contribution in [0.15, 0.2) is 18.2 Å². The summed E-state index contributed by atoms with van der Waals surface area (Å²) in [6, 6.07) is 5.30. The molecule has 0 spiro atoms. The van der Waals surface area contributed by atoms with Crippen molar-refractivity contribution in [3.05, 3.63) is 37.5 Å². The molecule has 0 bridgehead atoms. The highest BCUT2D eigenvalue weighted by Crippen LogP contribution is 2.32. The van der Waals surface area contributed by atoms with Gasteiger partial charge in [0.1, 0.15) is 5.82 Å². The molecule has 1 aromatic carbocycles. The molecular formula is C14H14Cl2IN3. The Bertz CT molecular complexity index is 645. The number of nitrogens with one attached hydrogen (secondary N) is 1. The quantitative estimate of drug-likeness (QED) is 0.690. The Hall–Kier alpha value is -0.590. The fourth-order valence-corrected chi connectivity index (χ4v) is 3.31. The SMILES string of the molecule is CNc1nc(-c2cc(Cl)ccc2Cl)nc(C(C)C)c1I. The summed E-state index contributed by atoms with van der Waals surface area (Å²) in [5.74, 6) is 1.69. The number of nitrogens with zero attached hydrogens (tertiary/aromatic N) is 2. The lowest BCUT2D eigenvalue weighted by Crippen LogP contribution is -2.06. The second-order valence-electron chi connectivity index (χ2n) is 4.62. The Morgan fingerprint density at radius 2 is 1.90 bits per heavy atom. The third-order valence-electron chi connectivity index (χ3n) is 2.83. The number of benzene rings is 1. The molecule has 0 aliphatic carbocycles. The molecule has 20 heavy (non-hydrogen) atoms. The second-order valence-corrected chi connectivity index (χ2v) is 6.55. The van der Waals surface area contributed by atoms with Gasteiger partial charge in [-0.25, -0.2) is 9.97 Å². The van der Waals surface area contributed by atoms with Crippen LogP contribution in [-0.4, -0.2) is 17.0 Å². The van der Waals surface area contributed by atoms with Crippen molar-refractivity contribution < 1.29 is 0 Å². The normalized spacial score (nSPS) is 10.9. The van der Waals surface area contributed by atoms with Crippen LogP contribution in [0.3, 0.4) is 0 Å². The predicted molar refractivity (Wildman–Crippen MR) is 93.8 cm³/mol. The van der Waals surface area contributed by atoms with Crippen LogP contribution in [0.25, 0.3) is 11.4 Å². The highest BCUT2D eigenvalue weighted by molar-refractivity contribution is 14.1. The fraction of sp³-hybridized carbons (Fsp3) is 0.286. The van der Waals surface area contributed by atoms with Gasteiger partial charge in [-0.15, -0.1) is 0 Å². The van der Waals surface area contributed by atoms with Gasteiger partial charge in [0.25, 0.3) is 0 Å². The zero-order valence-electron chi connectivity index (χ0n) is 11.3. The smallest absolute Gasteiger partial charge is 0.163 e. The van der Waals surface area contributed by atoms with Crippen LogP contribution in [0.4, 0.5) is 5.82 Å². The summed E-state index contributed by atoms with van der Waals surface area (Å²) in [4.78, 5) is 9.18. The summed E-state index contributed by atoms with van der Waals surface area (Å²) in [6.45, 7) is 4.21. The minimum atomic E-state index is 0.300. The van der Waals surface area contributed by atoms with Gasteiger partial charge in [-0.05, 0) is 46.7 Å². The van der Waals surface area contributed by atoms with E-state index in [1.54, 1.807) is 18.2 Å². The molecule has 2 aromatic rings. The summed E-state index contributed by atoms with van der Waals surface area (Å²) in [6.07, 6.45) is 0. The van der Waals surface area contributed by atoms with Gasteiger partial charge < -0.3 is 5.32 Å². The van der Waals surface area contributed by atoms with Gasteiger partial charge in [0, 0.05) is 17.6 Å². The maximum absolute atomic E-state index is 6.24. The van der Waals surface area contributed by atoms with E-state index in [0.29, 0.717) is 21.8 Å². The van der Waals surface area contributed by atoms with Crippen LogP contribution in [-0.2, 0) is 0 Å². The number of aromatic nitrogens is 2. The van der Waals surface area contributed by atoms with E-state index in [9.17, 15) is 0 Å². The standard InChI is InChI=1S/C14H14Cl2IN3/c1-7(2)12-11(17)14(18-3)20-13(19-12)9-6-8(15)4-5-10(9)16/h4-7H,1-3H3,(H,18,19,20). The van der Waals surface area contributed by atoms with Crippen LogP contribution in [0.2, 0.25) is 10.0 Å². The lowest BCUT2D eigenvalue weighted by Gasteiger charge is -2.14. The first-order chi connectivity index (χ1) is 9.43. The molecule has 3 nitrogen and oxygen atoms in total. The largest absolute Gasteiger partial charge is 0.372 e. The number of rotatable bonds is 3. The molecule has 0 aliphatic rings. The van der Waals surface area contributed by atoms with E-state index < -0.39 is 0 Å². The van der Waals surface area contributed by atoms with Crippen LogP contribution in [0.1, 0.15) is 25.5 Å². The van der Waals surface area contributed by atoms with E-state index >= 15 is 0 Å². The van der Waals surface area contributed by atoms with E-state index in [1.807, 2.05) is 7.05 Å². The summed E-state index contributed by atoms with van der Waals surface area (Å²) < 4.78 is 1.03. The van der Waals surface area contributed by atoms with Crippen molar-refractivity contribution in [3.63, 3.8) is 0 Å². The van der Waals surface area contributed by atoms with Crippen molar-refractivity contribution in [1.82, 2.24) is 9.97 Å². The summed E-state index contributed by atoms with van der Waals surface area (Å²) >= 11 is 14.5. The van der Waals surface area contributed by atoms with E-state index in [-0.39, 0.29) is 0 Å². The number of hydrogen-bond acceptors (Lipinski definition) is 3. The third-order valence-corrected chi connectivity index (χ3v) is 4.46. The van der Waals surface area contributed by atoms with Crippen LogP contribution >= 0.6 is 45.8 Å². The topological polar surface area (TPSA) is 37.8 Å². The van der Waals surface area contributed by atoms with Crippen LogP contribution in [0, 0.1) is 3.57 Å². The molecule has 106 valence electrons. The van der Waals surface area contributed by atoms with Crippen molar-refractivity contribution >= 4 is 51.6 Å². The third kappa shape index (κ3) is 3.18. The van der Waals surface area contributed by atoms with E-state index in [0.717, 1.165) is 20.6 Å². The molecule has 0 fully saturated rings. The molecule has 0 aliphatic heterocycles. The van der Waals surface area contributed by atoms with Gasteiger partial charge in [-0.3, -0.25) is 0 Å². The van der Waals surface area contributed by atoms with Crippen molar-refractivity contribution in [1.29, 1.82) is 0 Å². The van der Waals surface area contributed by atoms with E-state index in [4.69, 9.17) is 23.2 Å². The molecule has 0 atom stereocenters. The number of anilines is 1. The highest BCUT2D eigenvalue weighted by atomic mass is 127. The Morgan fingerprint density at radius 3 is 2.50 bits per heavy atom. The molecule has 1 N–H and O–H groups in total. The molecule has 0 saturated carbocycles. The molecular weight excluding hydrogens is 408 g/mol. The van der Waals surface area contributed by atoms with Crippen molar-refractivity contribution in [2.45, 2.75) is 19.8 Å². The first kappa shape index (κ1) is 15.8. The molecule has 0 amide bonds. The van der Waals surface area contributed by atoms with Gasteiger partial charge in [0.15, 0.2) is 5.82 Å².